The van der Waals surface area contributed by atoms with E-state index in [1.165, 1.54) is 19.2 Å². The normalized spacial score (nSPS) is 20.6. The quantitative estimate of drug-likeness (QED) is 0.928. The summed E-state index contributed by atoms with van der Waals surface area (Å²) in [5.74, 6) is -0.869. The van der Waals surface area contributed by atoms with Gasteiger partial charge >= 0.3 is 0 Å². The third-order valence-electron chi connectivity index (χ3n) is 4.24. The van der Waals surface area contributed by atoms with E-state index in [1.807, 2.05) is 4.90 Å². The van der Waals surface area contributed by atoms with Gasteiger partial charge in [0.2, 0.25) is 0 Å². The molecule has 1 aliphatic heterocycles. The van der Waals surface area contributed by atoms with E-state index in [9.17, 15) is 13.9 Å². The molecule has 1 fully saturated rings. The zero-order valence-electron chi connectivity index (χ0n) is 12.8. The Morgan fingerprint density at radius 3 is 2.48 bits per heavy atom. The summed E-state index contributed by atoms with van der Waals surface area (Å²) in [6, 6.07) is 2.41. The average molecular weight is 299 g/mol. The first-order valence-electron chi connectivity index (χ1n) is 7.28. The van der Waals surface area contributed by atoms with E-state index in [0.29, 0.717) is 6.54 Å². The lowest BCUT2D eigenvalue weighted by molar-refractivity contribution is -0.0201. The van der Waals surface area contributed by atoms with E-state index in [4.69, 9.17) is 4.74 Å². The molecule has 5 heteroatoms. The molecular weight excluding hydrogens is 276 g/mol. The fraction of sp³-hybridized carbons (Fsp3) is 0.625. The second-order valence-electron chi connectivity index (χ2n) is 6.30. The highest BCUT2D eigenvalue weighted by molar-refractivity contribution is 5.30. The molecule has 0 radical (unpaired) electrons. The number of hydrogen-bond acceptors (Lipinski definition) is 3. The number of halogens is 2. The van der Waals surface area contributed by atoms with Crippen LogP contribution in [0.25, 0.3) is 0 Å². The summed E-state index contributed by atoms with van der Waals surface area (Å²) >= 11 is 0. The summed E-state index contributed by atoms with van der Waals surface area (Å²) in [5, 5.41) is 10.1. The molecule has 1 aromatic carbocycles. The number of ether oxygens (including phenoxy) is 1. The second-order valence-corrected chi connectivity index (χ2v) is 6.30. The van der Waals surface area contributed by atoms with Crippen LogP contribution in [0, 0.1) is 17.6 Å². The molecule has 0 spiro atoms. The van der Waals surface area contributed by atoms with Crippen LogP contribution in [0.3, 0.4) is 0 Å². The van der Waals surface area contributed by atoms with Crippen molar-refractivity contribution in [2.24, 2.45) is 5.92 Å². The minimum atomic E-state index is -0.768. The molecule has 1 aromatic rings. The van der Waals surface area contributed by atoms with E-state index in [2.05, 4.69) is 0 Å². The van der Waals surface area contributed by atoms with E-state index in [0.717, 1.165) is 19.4 Å². The molecular formula is C16H23F2NO2. The van der Waals surface area contributed by atoms with Crippen molar-refractivity contribution in [1.82, 2.24) is 4.90 Å². The number of aliphatic hydroxyl groups is 1. The van der Waals surface area contributed by atoms with Crippen molar-refractivity contribution in [1.29, 1.82) is 0 Å². The Hall–Kier alpha value is -1.20. The van der Waals surface area contributed by atoms with E-state index < -0.39 is 17.2 Å². The van der Waals surface area contributed by atoms with Crippen LogP contribution in [0.15, 0.2) is 12.1 Å². The van der Waals surface area contributed by atoms with Gasteiger partial charge in [-0.2, -0.15) is 0 Å². The Bertz CT molecular complexity index is 477. The number of hydrogen-bond donors (Lipinski definition) is 1. The van der Waals surface area contributed by atoms with Gasteiger partial charge in [0, 0.05) is 30.8 Å². The third kappa shape index (κ3) is 3.92. The topological polar surface area (TPSA) is 32.7 Å². The van der Waals surface area contributed by atoms with Crippen molar-refractivity contribution in [3.63, 3.8) is 0 Å². The standard InChI is InChI=1S/C16H23F2NO2/c1-16(2,20)11-5-4-6-19(9-11)10-13-14(17)7-12(21-3)8-15(13)18/h7-8,11,20H,4-6,9-10H2,1-3H3/t11-/m0/s1. The monoisotopic (exact) mass is 299 g/mol. The smallest absolute Gasteiger partial charge is 0.134 e. The van der Waals surface area contributed by atoms with Crippen molar-refractivity contribution in [3.8, 4) is 5.75 Å². The molecule has 1 aliphatic rings. The highest BCUT2D eigenvalue weighted by Gasteiger charge is 2.31. The molecule has 0 unspecified atom stereocenters. The summed E-state index contributed by atoms with van der Waals surface area (Å²) in [4.78, 5) is 2.00. The van der Waals surface area contributed by atoms with E-state index in [1.54, 1.807) is 13.8 Å². The maximum Gasteiger partial charge on any atom is 0.134 e. The van der Waals surface area contributed by atoms with Gasteiger partial charge in [-0.1, -0.05) is 0 Å². The molecule has 0 aromatic heterocycles. The van der Waals surface area contributed by atoms with Gasteiger partial charge in [0.25, 0.3) is 0 Å². The molecule has 3 nitrogen and oxygen atoms in total. The summed E-state index contributed by atoms with van der Waals surface area (Å²) in [5.41, 5.74) is -0.706. The molecule has 1 N–H and O–H groups in total. The van der Waals surface area contributed by atoms with Crippen LogP contribution in [0.4, 0.5) is 8.78 Å². The van der Waals surface area contributed by atoms with Crippen LogP contribution in [-0.4, -0.2) is 35.8 Å². The zero-order valence-corrected chi connectivity index (χ0v) is 12.8. The fourth-order valence-corrected chi connectivity index (χ4v) is 2.85. The molecule has 0 aliphatic carbocycles. The number of piperidine rings is 1. The third-order valence-corrected chi connectivity index (χ3v) is 4.24. The van der Waals surface area contributed by atoms with Gasteiger partial charge in [-0.3, -0.25) is 4.90 Å². The largest absolute Gasteiger partial charge is 0.497 e. The number of benzene rings is 1. The van der Waals surface area contributed by atoms with Gasteiger partial charge in [0.15, 0.2) is 0 Å². The van der Waals surface area contributed by atoms with Crippen LogP contribution in [-0.2, 0) is 6.54 Å². The predicted octanol–water partition coefficient (Wildman–Crippen LogP) is 2.96. The predicted molar refractivity (Wildman–Crippen MR) is 77.2 cm³/mol. The zero-order chi connectivity index (χ0) is 15.6. The van der Waals surface area contributed by atoms with Crippen LogP contribution in [0.2, 0.25) is 0 Å². The van der Waals surface area contributed by atoms with Gasteiger partial charge < -0.3 is 9.84 Å². The summed E-state index contributed by atoms with van der Waals surface area (Å²) in [6.07, 6.45) is 1.86. The first-order chi connectivity index (χ1) is 9.81. The second kappa shape index (κ2) is 6.28. The van der Waals surface area contributed by atoms with Gasteiger partial charge in [-0.15, -0.1) is 0 Å². The molecule has 1 atom stereocenters. The van der Waals surface area contributed by atoms with Crippen LogP contribution in [0.1, 0.15) is 32.3 Å². The lowest BCUT2D eigenvalue weighted by Gasteiger charge is -2.38. The molecule has 2 rings (SSSR count). The molecule has 0 amide bonds. The lowest BCUT2D eigenvalue weighted by atomic mass is 9.84. The molecule has 118 valence electrons. The highest BCUT2D eigenvalue weighted by atomic mass is 19.1. The summed E-state index contributed by atoms with van der Waals surface area (Å²) in [6.45, 7) is 5.23. The van der Waals surface area contributed by atoms with Crippen LogP contribution < -0.4 is 4.74 Å². The van der Waals surface area contributed by atoms with Crippen molar-refractivity contribution in [2.75, 3.05) is 20.2 Å². The van der Waals surface area contributed by atoms with Crippen molar-refractivity contribution in [3.05, 3.63) is 29.3 Å². The van der Waals surface area contributed by atoms with Gasteiger partial charge in [-0.05, 0) is 39.2 Å². The Morgan fingerprint density at radius 2 is 1.95 bits per heavy atom. The lowest BCUT2D eigenvalue weighted by Crippen LogP contribution is -2.44. The van der Waals surface area contributed by atoms with Crippen molar-refractivity contribution in [2.45, 2.75) is 38.8 Å². The molecule has 0 saturated carbocycles. The summed E-state index contributed by atoms with van der Waals surface area (Å²) in [7, 11) is 1.38. The minimum Gasteiger partial charge on any atom is -0.497 e. The first-order valence-corrected chi connectivity index (χ1v) is 7.28. The number of nitrogens with zero attached hydrogens (tertiary/aromatic N) is 1. The SMILES string of the molecule is COc1cc(F)c(CN2CCC[C@H](C(C)(C)O)C2)c(F)c1. The fourth-order valence-electron chi connectivity index (χ4n) is 2.85. The highest BCUT2D eigenvalue weighted by Crippen LogP contribution is 2.29. The molecule has 21 heavy (non-hydrogen) atoms. The summed E-state index contributed by atoms with van der Waals surface area (Å²) < 4.78 is 32.8. The maximum atomic E-state index is 14.0. The minimum absolute atomic E-state index is 0.0622. The van der Waals surface area contributed by atoms with Crippen molar-refractivity contribution < 1.29 is 18.6 Å². The average Bonchev–Trinajstić information content (AvgIpc) is 2.42. The number of rotatable bonds is 4. The number of methoxy groups -OCH3 is 1. The van der Waals surface area contributed by atoms with Gasteiger partial charge in [-0.25, -0.2) is 8.78 Å². The van der Waals surface area contributed by atoms with Crippen molar-refractivity contribution >= 4 is 0 Å². The van der Waals surface area contributed by atoms with Crippen LogP contribution in [0.5, 0.6) is 5.75 Å². The van der Waals surface area contributed by atoms with Gasteiger partial charge in [0.05, 0.1) is 12.7 Å². The Kier molecular flexibility index (Phi) is 4.84. The Morgan fingerprint density at radius 1 is 1.33 bits per heavy atom. The number of likely N-dealkylation sites (tertiary alicyclic amines) is 1. The first kappa shape index (κ1) is 16.2. The Labute approximate surface area is 124 Å². The Balaban J connectivity index is 2.11. The molecule has 1 heterocycles. The van der Waals surface area contributed by atoms with E-state index in [-0.39, 0.29) is 23.8 Å². The molecule has 1 saturated heterocycles. The van der Waals surface area contributed by atoms with Crippen LogP contribution >= 0.6 is 0 Å². The molecule has 0 bridgehead atoms. The maximum absolute atomic E-state index is 14.0. The van der Waals surface area contributed by atoms with Gasteiger partial charge in [0.1, 0.15) is 17.4 Å². The van der Waals surface area contributed by atoms with E-state index >= 15 is 0 Å².